The highest BCUT2D eigenvalue weighted by molar-refractivity contribution is 5.82. The van der Waals surface area contributed by atoms with E-state index in [1.807, 2.05) is 4.57 Å². The maximum Gasteiger partial charge on any atom is 0.165 e. The van der Waals surface area contributed by atoms with Gasteiger partial charge in [-0.15, -0.1) is 0 Å². The van der Waals surface area contributed by atoms with Crippen LogP contribution in [-0.2, 0) is 6.54 Å². The Hall–Kier alpha value is -1.69. The van der Waals surface area contributed by atoms with Crippen LogP contribution in [0.1, 0.15) is 20.3 Å². The summed E-state index contributed by atoms with van der Waals surface area (Å²) in [5, 5.41) is 12.1. The maximum atomic E-state index is 9.27. The number of nitrogens with one attached hydrogen (secondary N) is 1. The standard InChI is InChI=1S/C10H15N5O/c1-3-4-15-6-13-8-9(14-7(2)16)11-5-12-10(8)15/h5-7,16H,3-4H2,1-2H3,(H,11,12,14). The van der Waals surface area contributed by atoms with Gasteiger partial charge in [0.2, 0.25) is 0 Å². The molecule has 2 rings (SSSR count). The number of hydrogen-bond donors (Lipinski definition) is 2. The molecule has 0 bridgehead atoms. The molecule has 6 heteroatoms. The maximum absolute atomic E-state index is 9.27. The SMILES string of the molecule is CCCn1cnc2c(NC(C)O)ncnc21. The van der Waals surface area contributed by atoms with Crippen LogP contribution in [0.5, 0.6) is 0 Å². The first kappa shape index (κ1) is 10.8. The lowest BCUT2D eigenvalue weighted by Gasteiger charge is -2.08. The summed E-state index contributed by atoms with van der Waals surface area (Å²) in [6, 6.07) is 0. The number of aliphatic hydroxyl groups excluding tert-OH is 1. The molecule has 0 aliphatic heterocycles. The van der Waals surface area contributed by atoms with Crippen molar-refractivity contribution in [2.45, 2.75) is 33.0 Å². The van der Waals surface area contributed by atoms with Crippen molar-refractivity contribution in [2.24, 2.45) is 0 Å². The lowest BCUT2D eigenvalue weighted by Crippen LogP contribution is -2.15. The van der Waals surface area contributed by atoms with Crippen molar-refractivity contribution < 1.29 is 5.11 Å². The van der Waals surface area contributed by atoms with Gasteiger partial charge in [0.25, 0.3) is 0 Å². The average molecular weight is 221 g/mol. The zero-order valence-electron chi connectivity index (χ0n) is 9.38. The molecule has 6 nitrogen and oxygen atoms in total. The summed E-state index contributed by atoms with van der Waals surface area (Å²) in [5.41, 5.74) is 1.48. The second kappa shape index (κ2) is 4.44. The zero-order valence-corrected chi connectivity index (χ0v) is 9.38. The Labute approximate surface area is 93.4 Å². The van der Waals surface area contributed by atoms with E-state index in [0.717, 1.165) is 18.6 Å². The second-order valence-electron chi connectivity index (χ2n) is 3.65. The van der Waals surface area contributed by atoms with E-state index in [-0.39, 0.29) is 0 Å². The van der Waals surface area contributed by atoms with E-state index in [0.29, 0.717) is 11.3 Å². The van der Waals surface area contributed by atoms with Gasteiger partial charge in [0.15, 0.2) is 11.5 Å². The summed E-state index contributed by atoms with van der Waals surface area (Å²) in [6.07, 6.45) is 3.58. The average Bonchev–Trinajstić information content (AvgIpc) is 2.63. The highest BCUT2D eigenvalue weighted by Crippen LogP contribution is 2.17. The van der Waals surface area contributed by atoms with Gasteiger partial charge in [0.1, 0.15) is 18.1 Å². The Morgan fingerprint density at radius 1 is 1.44 bits per heavy atom. The fraction of sp³-hybridized carbons (Fsp3) is 0.500. The van der Waals surface area contributed by atoms with Crippen LogP contribution in [0.15, 0.2) is 12.7 Å². The fourth-order valence-corrected chi connectivity index (χ4v) is 1.59. The lowest BCUT2D eigenvalue weighted by atomic mass is 10.4. The molecular weight excluding hydrogens is 206 g/mol. The summed E-state index contributed by atoms with van der Waals surface area (Å²) in [6.45, 7) is 4.61. The number of imidazole rings is 1. The molecule has 2 aromatic heterocycles. The first-order chi connectivity index (χ1) is 7.72. The predicted molar refractivity (Wildman–Crippen MR) is 60.9 cm³/mol. The highest BCUT2D eigenvalue weighted by Gasteiger charge is 2.10. The van der Waals surface area contributed by atoms with Gasteiger partial charge in [0.05, 0.1) is 6.33 Å². The lowest BCUT2D eigenvalue weighted by molar-refractivity contribution is 0.224. The summed E-state index contributed by atoms with van der Waals surface area (Å²) in [5.74, 6) is 0.565. The molecule has 16 heavy (non-hydrogen) atoms. The number of aliphatic hydroxyl groups is 1. The number of rotatable bonds is 4. The molecule has 0 aromatic carbocycles. The van der Waals surface area contributed by atoms with Gasteiger partial charge in [-0.25, -0.2) is 15.0 Å². The Kier molecular flexibility index (Phi) is 3.00. The van der Waals surface area contributed by atoms with Crippen molar-refractivity contribution >= 4 is 17.0 Å². The smallest absolute Gasteiger partial charge is 0.165 e. The van der Waals surface area contributed by atoms with Gasteiger partial charge in [0, 0.05) is 6.54 Å². The molecule has 2 heterocycles. The molecule has 0 saturated carbocycles. The monoisotopic (exact) mass is 221 g/mol. The van der Waals surface area contributed by atoms with Crippen molar-refractivity contribution in [3.8, 4) is 0 Å². The number of aryl methyl sites for hydroxylation is 1. The van der Waals surface area contributed by atoms with Crippen LogP contribution in [0.25, 0.3) is 11.2 Å². The molecule has 0 amide bonds. The molecule has 2 N–H and O–H groups in total. The highest BCUT2D eigenvalue weighted by atomic mass is 16.3. The minimum atomic E-state index is -0.658. The zero-order chi connectivity index (χ0) is 11.5. The van der Waals surface area contributed by atoms with Crippen LogP contribution >= 0.6 is 0 Å². The van der Waals surface area contributed by atoms with E-state index in [1.54, 1.807) is 13.3 Å². The van der Waals surface area contributed by atoms with E-state index in [1.165, 1.54) is 6.33 Å². The molecule has 86 valence electrons. The van der Waals surface area contributed by atoms with Gasteiger partial charge < -0.3 is 15.0 Å². The third kappa shape index (κ3) is 1.96. The van der Waals surface area contributed by atoms with Crippen LogP contribution < -0.4 is 5.32 Å². The molecule has 1 unspecified atom stereocenters. The van der Waals surface area contributed by atoms with E-state index >= 15 is 0 Å². The first-order valence-electron chi connectivity index (χ1n) is 5.32. The van der Waals surface area contributed by atoms with Gasteiger partial charge in [-0.05, 0) is 13.3 Å². The summed E-state index contributed by atoms with van der Waals surface area (Å²) in [7, 11) is 0. The van der Waals surface area contributed by atoms with Crippen LogP contribution in [-0.4, -0.2) is 30.9 Å². The normalized spacial score (nSPS) is 12.9. The topological polar surface area (TPSA) is 75.9 Å². The third-order valence-corrected chi connectivity index (χ3v) is 2.21. The number of aromatic nitrogens is 4. The van der Waals surface area contributed by atoms with Crippen LogP contribution in [0.3, 0.4) is 0 Å². The van der Waals surface area contributed by atoms with E-state index < -0.39 is 6.23 Å². The predicted octanol–water partition coefficient (Wildman–Crippen LogP) is 0.986. The van der Waals surface area contributed by atoms with E-state index in [9.17, 15) is 5.11 Å². The van der Waals surface area contributed by atoms with Crippen LogP contribution in [0.2, 0.25) is 0 Å². The molecule has 0 fully saturated rings. The van der Waals surface area contributed by atoms with E-state index in [2.05, 4.69) is 27.2 Å². The number of fused-ring (bicyclic) bond motifs is 1. The molecule has 0 aliphatic carbocycles. The first-order valence-corrected chi connectivity index (χ1v) is 5.32. The van der Waals surface area contributed by atoms with Gasteiger partial charge >= 0.3 is 0 Å². The molecule has 0 saturated heterocycles. The molecule has 0 radical (unpaired) electrons. The minimum absolute atomic E-state index is 0.565. The van der Waals surface area contributed by atoms with Gasteiger partial charge in [-0.3, -0.25) is 0 Å². The summed E-state index contributed by atoms with van der Waals surface area (Å²) < 4.78 is 1.98. The Morgan fingerprint density at radius 2 is 2.25 bits per heavy atom. The van der Waals surface area contributed by atoms with Crippen molar-refractivity contribution in [1.29, 1.82) is 0 Å². The van der Waals surface area contributed by atoms with Gasteiger partial charge in [-0.1, -0.05) is 6.92 Å². The molecule has 2 aromatic rings. The minimum Gasteiger partial charge on any atom is -0.374 e. The van der Waals surface area contributed by atoms with Crippen LogP contribution in [0, 0.1) is 0 Å². The molecule has 0 aliphatic rings. The van der Waals surface area contributed by atoms with Crippen molar-refractivity contribution in [2.75, 3.05) is 5.32 Å². The number of anilines is 1. The fourth-order valence-electron chi connectivity index (χ4n) is 1.59. The Morgan fingerprint density at radius 3 is 2.94 bits per heavy atom. The number of nitrogens with zero attached hydrogens (tertiary/aromatic N) is 4. The second-order valence-corrected chi connectivity index (χ2v) is 3.65. The molecular formula is C10H15N5O. The summed E-state index contributed by atoms with van der Waals surface area (Å²) >= 11 is 0. The molecule has 0 spiro atoms. The van der Waals surface area contributed by atoms with Crippen molar-refractivity contribution in [3.05, 3.63) is 12.7 Å². The van der Waals surface area contributed by atoms with Crippen molar-refractivity contribution in [1.82, 2.24) is 19.5 Å². The van der Waals surface area contributed by atoms with Gasteiger partial charge in [-0.2, -0.15) is 0 Å². The Bertz CT molecular complexity index is 479. The van der Waals surface area contributed by atoms with Crippen molar-refractivity contribution in [3.63, 3.8) is 0 Å². The van der Waals surface area contributed by atoms with E-state index in [4.69, 9.17) is 0 Å². The third-order valence-electron chi connectivity index (χ3n) is 2.21. The summed E-state index contributed by atoms with van der Waals surface area (Å²) in [4.78, 5) is 12.5. The largest absolute Gasteiger partial charge is 0.374 e. The quantitative estimate of drug-likeness (QED) is 0.753. The van der Waals surface area contributed by atoms with Crippen LogP contribution in [0.4, 0.5) is 5.82 Å². The Balaban J connectivity index is 2.44. The molecule has 1 atom stereocenters. The number of hydrogen-bond acceptors (Lipinski definition) is 5.